The molecule has 0 saturated heterocycles. The SMILES string of the molecule is Cc1cccc(-c2c(O)nc(CC(N)=O)[nH]c2=O)c1. The second kappa shape index (κ2) is 4.93. The van der Waals surface area contributed by atoms with Crippen molar-refractivity contribution in [2.45, 2.75) is 13.3 Å². The largest absolute Gasteiger partial charge is 0.493 e. The number of amides is 1. The van der Waals surface area contributed by atoms with Gasteiger partial charge in [0, 0.05) is 0 Å². The molecule has 6 heteroatoms. The molecule has 0 radical (unpaired) electrons. The number of H-pyrrole nitrogens is 1. The number of benzene rings is 1. The van der Waals surface area contributed by atoms with Crippen LogP contribution in [0.15, 0.2) is 29.1 Å². The number of nitrogens with zero attached hydrogens (tertiary/aromatic N) is 1. The average molecular weight is 259 g/mol. The van der Waals surface area contributed by atoms with Crippen LogP contribution in [0.5, 0.6) is 5.88 Å². The molecule has 0 spiro atoms. The summed E-state index contributed by atoms with van der Waals surface area (Å²) in [6, 6.07) is 7.12. The molecule has 0 fully saturated rings. The summed E-state index contributed by atoms with van der Waals surface area (Å²) >= 11 is 0. The highest BCUT2D eigenvalue weighted by atomic mass is 16.3. The zero-order chi connectivity index (χ0) is 14.0. The van der Waals surface area contributed by atoms with Crippen LogP contribution in [0.2, 0.25) is 0 Å². The summed E-state index contributed by atoms with van der Waals surface area (Å²) in [5.74, 6) is -0.997. The van der Waals surface area contributed by atoms with Crippen molar-refractivity contribution in [2.24, 2.45) is 5.73 Å². The molecule has 0 aliphatic rings. The molecule has 1 heterocycles. The van der Waals surface area contributed by atoms with Crippen LogP contribution in [0.3, 0.4) is 0 Å². The quantitative estimate of drug-likeness (QED) is 0.744. The first kappa shape index (κ1) is 12.8. The molecule has 2 aromatic rings. The molecule has 0 saturated carbocycles. The molecule has 0 bridgehead atoms. The minimum absolute atomic E-state index is 0.0476. The summed E-state index contributed by atoms with van der Waals surface area (Å²) in [4.78, 5) is 28.9. The van der Waals surface area contributed by atoms with Crippen molar-refractivity contribution in [2.75, 3.05) is 0 Å². The number of nitrogens with one attached hydrogen (secondary N) is 1. The van der Waals surface area contributed by atoms with Crippen LogP contribution < -0.4 is 11.3 Å². The lowest BCUT2D eigenvalue weighted by Gasteiger charge is -2.06. The Labute approximate surface area is 108 Å². The number of hydrogen-bond donors (Lipinski definition) is 3. The Balaban J connectivity index is 2.54. The van der Waals surface area contributed by atoms with E-state index in [9.17, 15) is 14.7 Å². The first-order valence-corrected chi connectivity index (χ1v) is 5.65. The molecule has 0 aliphatic heterocycles. The summed E-state index contributed by atoms with van der Waals surface area (Å²) in [6.45, 7) is 1.88. The smallest absolute Gasteiger partial charge is 0.262 e. The van der Waals surface area contributed by atoms with Crippen molar-refractivity contribution in [3.8, 4) is 17.0 Å². The van der Waals surface area contributed by atoms with Gasteiger partial charge in [-0.15, -0.1) is 0 Å². The van der Waals surface area contributed by atoms with Crippen molar-refractivity contribution < 1.29 is 9.90 Å². The van der Waals surface area contributed by atoms with E-state index in [-0.39, 0.29) is 17.8 Å². The second-order valence-corrected chi connectivity index (χ2v) is 4.22. The van der Waals surface area contributed by atoms with Gasteiger partial charge in [-0.05, 0) is 12.5 Å². The molecule has 1 aromatic carbocycles. The lowest BCUT2D eigenvalue weighted by molar-refractivity contribution is -0.117. The van der Waals surface area contributed by atoms with Gasteiger partial charge >= 0.3 is 0 Å². The number of aromatic amines is 1. The fourth-order valence-electron chi connectivity index (χ4n) is 1.82. The molecule has 98 valence electrons. The van der Waals surface area contributed by atoms with Crippen LogP contribution in [0, 0.1) is 6.92 Å². The summed E-state index contributed by atoms with van der Waals surface area (Å²) in [5, 5.41) is 9.85. The highest BCUT2D eigenvalue weighted by molar-refractivity contribution is 5.76. The first-order valence-electron chi connectivity index (χ1n) is 5.65. The highest BCUT2D eigenvalue weighted by Gasteiger charge is 2.13. The van der Waals surface area contributed by atoms with E-state index in [4.69, 9.17) is 5.73 Å². The van der Waals surface area contributed by atoms with E-state index in [2.05, 4.69) is 9.97 Å². The summed E-state index contributed by atoms with van der Waals surface area (Å²) in [5.41, 5.74) is 6.11. The molecule has 0 atom stereocenters. The van der Waals surface area contributed by atoms with Gasteiger partial charge in [-0.2, -0.15) is 4.98 Å². The van der Waals surface area contributed by atoms with E-state index in [0.29, 0.717) is 5.56 Å². The van der Waals surface area contributed by atoms with Gasteiger partial charge < -0.3 is 15.8 Å². The Morgan fingerprint density at radius 2 is 2.21 bits per heavy atom. The van der Waals surface area contributed by atoms with Crippen molar-refractivity contribution in [1.82, 2.24) is 9.97 Å². The standard InChI is InChI=1S/C13H13N3O3/c1-7-3-2-4-8(5-7)11-12(18)15-10(6-9(14)17)16-13(11)19/h2-5H,6H2,1H3,(H2,14,17)(H2,15,16,18,19). The Kier molecular flexibility index (Phi) is 3.33. The fourth-order valence-corrected chi connectivity index (χ4v) is 1.82. The Morgan fingerprint density at radius 3 is 2.79 bits per heavy atom. The number of aromatic nitrogens is 2. The number of primary amides is 1. The van der Waals surface area contributed by atoms with Gasteiger partial charge in [0.15, 0.2) is 0 Å². The minimum Gasteiger partial charge on any atom is -0.493 e. The van der Waals surface area contributed by atoms with Gasteiger partial charge in [0.05, 0.1) is 6.42 Å². The molecule has 1 amide bonds. The summed E-state index contributed by atoms with van der Waals surface area (Å²) in [6.07, 6.45) is -0.225. The van der Waals surface area contributed by atoms with Crippen LogP contribution in [-0.2, 0) is 11.2 Å². The van der Waals surface area contributed by atoms with E-state index in [1.165, 1.54) is 0 Å². The van der Waals surface area contributed by atoms with Crippen LogP contribution in [-0.4, -0.2) is 21.0 Å². The molecule has 0 aliphatic carbocycles. The lowest BCUT2D eigenvalue weighted by atomic mass is 10.1. The zero-order valence-corrected chi connectivity index (χ0v) is 10.3. The van der Waals surface area contributed by atoms with Gasteiger partial charge in [0.1, 0.15) is 11.4 Å². The number of carbonyl (C=O) groups is 1. The molecule has 4 N–H and O–H groups in total. The highest BCUT2D eigenvalue weighted by Crippen LogP contribution is 2.23. The van der Waals surface area contributed by atoms with Gasteiger partial charge in [0.25, 0.3) is 5.56 Å². The number of aryl methyl sites for hydroxylation is 1. The van der Waals surface area contributed by atoms with E-state index < -0.39 is 17.3 Å². The van der Waals surface area contributed by atoms with Crippen molar-refractivity contribution in [3.05, 3.63) is 46.0 Å². The summed E-state index contributed by atoms with van der Waals surface area (Å²) in [7, 11) is 0. The van der Waals surface area contributed by atoms with Gasteiger partial charge in [0.2, 0.25) is 11.8 Å². The Hall–Kier alpha value is -2.63. The maximum Gasteiger partial charge on any atom is 0.262 e. The second-order valence-electron chi connectivity index (χ2n) is 4.22. The van der Waals surface area contributed by atoms with Gasteiger partial charge in [-0.25, -0.2) is 0 Å². The monoisotopic (exact) mass is 259 g/mol. The molecule has 19 heavy (non-hydrogen) atoms. The predicted molar refractivity (Wildman–Crippen MR) is 69.6 cm³/mol. The predicted octanol–water partition coefficient (Wildman–Crippen LogP) is 0.479. The van der Waals surface area contributed by atoms with E-state index >= 15 is 0 Å². The Morgan fingerprint density at radius 1 is 1.47 bits per heavy atom. The van der Waals surface area contributed by atoms with Crippen molar-refractivity contribution >= 4 is 5.91 Å². The Bertz CT molecular complexity index is 692. The molecule has 6 nitrogen and oxygen atoms in total. The molecule has 0 unspecified atom stereocenters. The van der Waals surface area contributed by atoms with E-state index in [1.54, 1.807) is 18.2 Å². The van der Waals surface area contributed by atoms with Crippen molar-refractivity contribution in [3.63, 3.8) is 0 Å². The maximum absolute atomic E-state index is 11.9. The molecular formula is C13H13N3O3. The fraction of sp³-hybridized carbons (Fsp3) is 0.154. The molecule has 1 aromatic heterocycles. The van der Waals surface area contributed by atoms with Gasteiger partial charge in [-0.3, -0.25) is 9.59 Å². The van der Waals surface area contributed by atoms with Crippen LogP contribution in [0.25, 0.3) is 11.1 Å². The van der Waals surface area contributed by atoms with Gasteiger partial charge in [-0.1, -0.05) is 29.8 Å². The van der Waals surface area contributed by atoms with E-state index in [1.807, 2.05) is 13.0 Å². The first-order chi connectivity index (χ1) is 8.97. The number of hydrogen-bond acceptors (Lipinski definition) is 4. The number of rotatable bonds is 3. The van der Waals surface area contributed by atoms with Crippen LogP contribution >= 0.6 is 0 Å². The van der Waals surface area contributed by atoms with E-state index in [0.717, 1.165) is 5.56 Å². The number of nitrogens with two attached hydrogens (primary N) is 1. The van der Waals surface area contributed by atoms with Crippen LogP contribution in [0.4, 0.5) is 0 Å². The third kappa shape index (κ3) is 2.79. The third-order valence-corrected chi connectivity index (χ3v) is 2.60. The van der Waals surface area contributed by atoms with Crippen molar-refractivity contribution in [1.29, 1.82) is 0 Å². The normalized spacial score (nSPS) is 10.4. The topological polar surface area (TPSA) is 109 Å². The maximum atomic E-state index is 11.9. The zero-order valence-electron chi connectivity index (χ0n) is 10.3. The lowest BCUT2D eigenvalue weighted by Crippen LogP contribution is -2.20. The van der Waals surface area contributed by atoms with Crippen LogP contribution in [0.1, 0.15) is 11.4 Å². The minimum atomic E-state index is -0.633. The molecule has 2 rings (SSSR count). The summed E-state index contributed by atoms with van der Waals surface area (Å²) < 4.78 is 0. The average Bonchev–Trinajstić information content (AvgIpc) is 2.26. The number of carbonyl (C=O) groups excluding carboxylic acids is 1. The third-order valence-electron chi connectivity index (χ3n) is 2.60. The number of aromatic hydroxyl groups is 1. The molecular weight excluding hydrogens is 246 g/mol.